The van der Waals surface area contributed by atoms with E-state index in [-0.39, 0.29) is 12.5 Å². The lowest BCUT2D eigenvalue weighted by Gasteiger charge is -2.05. The maximum atomic E-state index is 12.4. The largest absolute Gasteiger partial charge is 0.396 e. The van der Waals surface area contributed by atoms with E-state index in [0.29, 0.717) is 6.42 Å². The molecule has 1 N–H and O–H groups in total. The fourth-order valence-electron chi connectivity index (χ4n) is 1.20. The molecule has 1 saturated carbocycles. The van der Waals surface area contributed by atoms with Gasteiger partial charge in [-0.25, -0.2) is 4.39 Å². The van der Waals surface area contributed by atoms with Gasteiger partial charge < -0.3 is 5.11 Å². The van der Waals surface area contributed by atoms with Gasteiger partial charge >= 0.3 is 0 Å². The van der Waals surface area contributed by atoms with Crippen molar-refractivity contribution in [2.45, 2.75) is 25.4 Å². The van der Waals surface area contributed by atoms with E-state index in [9.17, 15) is 4.39 Å². The van der Waals surface area contributed by atoms with Crippen LogP contribution < -0.4 is 0 Å². The monoisotopic (exact) mass is 118 g/mol. The van der Waals surface area contributed by atoms with E-state index >= 15 is 0 Å². The van der Waals surface area contributed by atoms with Crippen LogP contribution in [0.4, 0.5) is 4.39 Å². The molecule has 1 nitrogen and oxygen atoms in total. The summed E-state index contributed by atoms with van der Waals surface area (Å²) in [6.45, 7) is 0.0289. The maximum Gasteiger partial charge on any atom is 0.105 e. The third kappa shape index (κ3) is 0.996. The first-order valence-corrected chi connectivity index (χ1v) is 3.09. The number of halogens is 1. The molecule has 2 atom stereocenters. The summed E-state index contributed by atoms with van der Waals surface area (Å²) in [4.78, 5) is 0. The average Bonchev–Trinajstić information content (AvgIpc) is 2.14. The van der Waals surface area contributed by atoms with E-state index in [4.69, 9.17) is 5.11 Å². The molecule has 1 fully saturated rings. The molecule has 2 heteroatoms. The highest BCUT2D eigenvalue weighted by atomic mass is 19.1. The van der Waals surface area contributed by atoms with Crippen molar-refractivity contribution in [3.05, 3.63) is 0 Å². The standard InChI is InChI=1S/C6H11FO/c7-6-3-1-2-5(6)4-8/h5-6,8H,1-4H2/t5-,6-/m0/s1. The number of hydrogen-bond acceptors (Lipinski definition) is 1. The van der Waals surface area contributed by atoms with Gasteiger partial charge in [0.25, 0.3) is 0 Å². The van der Waals surface area contributed by atoms with Crippen molar-refractivity contribution in [2.24, 2.45) is 5.92 Å². The zero-order valence-corrected chi connectivity index (χ0v) is 4.81. The fraction of sp³-hybridized carbons (Fsp3) is 1.00. The Morgan fingerprint density at radius 1 is 1.50 bits per heavy atom. The van der Waals surface area contributed by atoms with E-state index in [2.05, 4.69) is 0 Å². The highest BCUT2D eigenvalue weighted by Gasteiger charge is 2.25. The topological polar surface area (TPSA) is 20.2 Å². The Bertz CT molecular complexity index is 74.9. The predicted octanol–water partition coefficient (Wildman–Crippen LogP) is 1.12. The van der Waals surface area contributed by atoms with Gasteiger partial charge in [0.15, 0.2) is 0 Å². The van der Waals surface area contributed by atoms with Crippen LogP contribution in [0.25, 0.3) is 0 Å². The Balaban J connectivity index is 2.30. The van der Waals surface area contributed by atoms with Crippen LogP contribution in [0.5, 0.6) is 0 Å². The van der Waals surface area contributed by atoms with Gasteiger partial charge in [-0.2, -0.15) is 0 Å². The second-order valence-electron chi connectivity index (χ2n) is 2.39. The number of rotatable bonds is 1. The molecule has 1 aliphatic carbocycles. The van der Waals surface area contributed by atoms with Gasteiger partial charge in [-0.1, -0.05) is 6.42 Å². The van der Waals surface area contributed by atoms with Crippen molar-refractivity contribution >= 4 is 0 Å². The maximum absolute atomic E-state index is 12.4. The van der Waals surface area contributed by atoms with E-state index in [1.165, 1.54) is 0 Å². The predicted molar refractivity (Wildman–Crippen MR) is 29.3 cm³/mol. The van der Waals surface area contributed by atoms with Gasteiger partial charge in [0.2, 0.25) is 0 Å². The van der Waals surface area contributed by atoms with Crippen LogP contribution in [0.15, 0.2) is 0 Å². The summed E-state index contributed by atoms with van der Waals surface area (Å²) in [5.74, 6) is -0.0463. The molecule has 0 saturated heterocycles. The minimum absolute atomic E-state index is 0.0289. The normalized spacial score (nSPS) is 38.2. The molecule has 48 valence electrons. The molecule has 0 aromatic rings. The highest BCUT2D eigenvalue weighted by Crippen LogP contribution is 2.27. The molecule has 0 amide bonds. The fourth-order valence-corrected chi connectivity index (χ4v) is 1.20. The minimum Gasteiger partial charge on any atom is -0.396 e. The summed E-state index contributed by atoms with van der Waals surface area (Å²) < 4.78 is 12.4. The summed E-state index contributed by atoms with van der Waals surface area (Å²) in [6, 6.07) is 0. The van der Waals surface area contributed by atoms with E-state index in [1.54, 1.807) is 0 Å². The molecule has 0 heterocycles. The van der Waals surface area contributed by atoms with Crippen LogP contribution in [0.2, 0.25) is 0 Å². The average molecular weight is 118 g/mol. The van der Waals surface area contributed by atoms with Crippen LogP contribution in [0.3, 0.4) is 0 Å². The van der Waals surface area contributed by atoms with Crippen molar-refractivity contribution in [2.75, 3.05) is 6.61 Å². The molecular weight excluding hydrogens is 107 g/mol. The molecule has 0 bridgehead atoms. The van der Waals surface area contributed by atoms with Gasteiger partial charge in [0, 0.05) is 12.5 Å². The SMILES string of the molecule is OC[C@@H]1CCC[C@@H]1F. The summed E-state index contributed by atoms with van der Waals surface area (Å²) >= 11 is 0. The molecule has 1 aliphatic rings. The summed E-state index contributed by atoms with van der Waals surface area (Å²) in [7, 11) is 0. The van der Waals surface area contributed by atoms with Crippen LogP contribution in [-0.4, -0.2) is 17.9 Å². The van der Waals surface area contributed by atoms with Crippen LogP contribution in [0, 0.1) is 5.92 Å². The molecule has 0 spiro atoms. The van der Waals surface area contributed by atoms with Gasteiger partial charge in [-0.3, -0.25) is 0 Å². The quantitative estimate of drug-likeness (QED) is 0.547. The third-order valence-electron chi connectivity index (χ3n) is 1.80. The molecule has 0 aromatic carbocycles. The summed E-state index contributed by atoms with van der Waals surface area (Å²) in [5.41, 5.74) is 0. The van der Waals surface area contributed by atoms with Crippen molar-refractivity contribution in [1.29, 1.82) is 0 Å². The lowest BCUT2D eigenvalue weighted by Crippen LogP contribution is -2.11. The van der Waals surface area contributed by atoms with Gasteiger partial charge in [0.05, 0.1) is 0 Å². The molecule has 0 aliphatic heterocycles. The summed E-state index contributed by atoms with van der Waals surface area (Å²) in [5, 5.41) is 8.50. The zero-order chi connectivity index (χ0) is 5.98. The Kier molecular flexibility index (Phi) is 1.84. The minimum atomic E-state index is -0.722. The second-order valence-corrected chi connectivity index (χ2v) is 2.39. The number of hydrogen-bond donors (Lipinski definition) is 1. The molecule has 0 unspecified atom stereocenters. The van der Waals surface area contributed by atoms with Crippen LogP contribution in [-0.2, 0) is 0 Å². The highest BCUT2D eigenvalue weighted by molar-refractivity contribution is 4.75. The molecular formula is C6H11FO. The second kappa shape index (κ2) is 2.44. The van der Waals surface area contributed by atoms with Crippen molar-refractivity contribution in [1.82, 2.24) is 0 Å². The van der Waals surface area contributed by atoms with Crippen LogP contribution in [0.1, 0.15) is 19.3 Å². The Morgan fingerprint density at radius 3 is 2.50 bits per heavy atom. The van der Waals surface area contributed by atoms with Crippen LogP contribution >= 0.6 is 0 Å². The summed E-state index contributed by atoms with van der Waals surface area (Å²) in [6.07, 6.45) is 1.76. The number of aliphatic hydroxyl groups is 1. The molecule has 0 radical (unpaired) electrons. The molecule has 0 aromatic heterocycles. The van der Waals surface area contributed by atoms with E-state index < -0.39 is 6.17 Å². The molecule has 8 heavy (non-hydrogen) atoms. The smallest absolute Gasteiger partial charge is 0.105 e. The number of aliphatic hydroxyl groups excluding tert-OH is 1. The molecule has 1 rings (SSSR count). The first-order chi connectivity index (χ1) is 3.84. The van der Waals surface area contributed by atoms with Gasteiger partial charge in [-0.15, -0.1) is 0 Å². The van der Waals surface area contributed by atoms with Crippen molar-refractivity contribution in [3.8, 4) is 0 Å². The third-order valence-corrected chi connectivity index (χ3v) is 1.80. The van der Waals surface area contributed by atoms with Crippen molar-refractivity contribution in [3.63, 3.8) is 0 Å². The zero-order valence-electron chi connectivity index (χ0n) is 4.81. The lowest BCUT2D eigenvalue weighted by molar-refractivity contribution is 0.162. The Labute approximate surface area is 48.5 Å². The van der Waals surface area contributed by atoms with E-state index in [0.717, 1.165) is 12.8 Å². The first kappa shape index (κ1) is 6.02. The van der Waals surface area contributed by atoms with Gasteiger partial charge in [0.1, 0.15) is 6.17 Å². The Morgan fingerprint density at radius 2 is 2.25 bits per heavy atom. The van der Waals surface area contributed by atoms with E-state index in [1.807, 2.05) is 0 Å². The van der Waals surface area contributed by atoms with Crippen molar-refractivity contribution < 1.29 is 9.50 Å². The first-order valence-electron chi connectivity index (χ1n) is 3.09. The number of alkyl halides is 1. The van der Waals surface area contributed by atoms with Gasteiger partial charge in [-0.05, 0) is 12.8 Å². The lowest BCUT2D eigenvalue weighted by atomic mass is 10.1. The Hall–Kier alpha value is -0.110.